The number of carbonyl (C=O) groups is 1. The van der Waals surface area contributed by atoms with E-state index in [1.807, 2.05) is 36.1 Å². The van der Waals surface area contributed by atoms with Crippen LogP contribution in [0.1, 0.15) is 27.0 Å². The summed E-state index contributed by atoms with van der Waals surface area (Å²) in [5, 5.41) is 0. The zero-order chi connectivity index (χ0) is 16.2. The molecule has 0 unspecified atom stereocenters. The lowest BCUT2D eigenvalue weighted by Crippen LogP contribution is -3.13. The molecule has 0 radical (unpaired) electrons. The number of aryl methyl sites for hydroxylation is 2. The van der Waals surface area contributed by atoms with Gasteiger partial charge in [-0.3, -0.25) is 4.79 Å². The van der Waals surface area contributed by atoms with Gasteiger partial charge in [0.2, 0.25) is 0 Å². The van der Waals surface area contributed by atoms with E-state index in [-0.39, 0.29) is 5.91 Å². The fourth-order valence-corrected chi connectivity index (χ4v) is 3.18. The molecule has 1 heterocycles. The van der Waals surface area contributed by atoms with Crippen molar-refractivity contribution in [3.8, 4) is 0 Å². The van der Waals surface area contributed by atoms with E-state index in [0.717, 1.165) is 43.9 Å². The molecule has 1 fully saturated rings. The lowest BCUT2D eigenvalue weighted by Gasteiger charge is -2.32. The fourth-order valence-electron chi connectivity index (χ4n) is 3.18. The first-order valence-electron chi connectivity index (χ1n) is 8.37. The average molecular weight is 309 g/mol. The second-order valence-electron chi connectivity index (χ2n) is 6.52. The molecule has 3 heteroatoms. The lowest BCUT2D eigenvalue weighted by molar-refractivity contribution is -0.917. The summed E-state index contributed by atoms with van der Waals surface area (Å²) < 4.78 is 0. The van der Waals surface area contributed by atoms with Gasteiger partial charge in [-0.1, -0.05) is 48.0 Å². The lowest BCUT2D eigenvalue weighted by atomic mass is 10.1. The molecule has 23 heavy (non-hydrogen) atoms. The maximum Gasteiger partial charge on any atom is 0.254 e. The zero-order valence-corrected chi connectivity index (χ0v) is 14.0. The monoisotopic (exact) mass is 309 g/mol. The van der Waals surface area contributed by atoms with Crippen molar-refractivity contribution in [3.63, 3.8) is 0 Å². The minimum atomic E-state index is 0.178. The maximum atomic E-state index is 12.6. The molecule has 0 aliphatic carbocycles. The number of piperazine rings is 1. The molecule has 120 valence electrons. The number of nitrogens with one attached hydrogen (secondary N) is 1. The van der Waals surface area contributed by atoms with Crippen LogP contribution in [0.2, 0.25) is 0 Å². The molecule has 2 aromatic carbocycles. The minimum absolute atomic E-state index is 0.178. The molecule has 2 aromatic rings. The highest BCUT2D eigenvalue weighted by atomic mass is 16.2. The van der Waals surface area contributed by atoms with Gasteiger partial charge in [0.05, 0.1) is 26.2 Å². The van der Waals surface area contributed by atoms with Crippen LogP contribution >= 0.6 is 0 Å². The van der Waals surface area contributed by atoms with Gasteiger partial charge in [-0.25, -0.2) is 0 Å². The molecule has 1 aliphatic rings. The highest BCUT2D eigenvalue weighted by Gasteiger charge is 2.25. The summed E-state index contributed by atoms with van der Waals surface area (Å²) in [6.45, 7) is 8.89. The van der Waals surface area contributed by atoms with Crippen LogP contribution in [-0.4, -0.2) is 37.0 Å². The Hall–Kier alpha value is -2.13. The smallest absolute Gasteiger partial charge is 0.254 e. The quantitative estimate of drug-likeness (QED) is 0.919. The summed E-state index contributed by atoms with van der Waals surface area (Å²) in [4.78, 5) is 16.2. The molecular formula is C20H25N2O+. The molecule has 1 N–H and O–H groups in total. The van der Waals surface area contributed by atoms with Crippen LogP contribution in [0.25, 0.3) is 0 Å². The van der Waals surface area contributed by atoms with Crippen molar-refractivity contribution in [2.75, 3.05) is 26.2 Å². The van der Waals surface area contributed by atoms with E-state index in [4.69, 9.17) is 0 Å². The van der Waals surface area contributed by atoms with Gasteiger partial charge in [-0.15, -0.1) is 0 Å². The predicted molar refractivity (Wildman–Crippen MR) is 92.7 cm³/mol. The van der Waals surface area contributed by atoms with Crippen molar-refractivity contribution in [3.05, 3.63) is 70.8 Å². The van der Waals surface area contributed by atoms with E-state index < -0.39 is 0 Å². The maximum absolute atomic E-state index is 12.6. The number of hydrogen-bond acceptors (Lipinski definition) is 1. The Kier molecular flexibility index (Phi) is 4.77. The molecule has 0 aromatic heterocycles. The molecule has 0 saturated carbocycles. The van der Waals surface area contributed by atoms with Gasteiger partial charge in [-0.2, -0.15) is 0 Å². The van der Waals surface area contributed by atoms with Crippen LogP contribution in [0.3, 0.4) is 0 Å². The molecule has 1 aliphatic heterocycles. The first-order chi connectivity index (χ1) is 11.1. The summed E-state index contributed by atoms with van der Waals surface area (Å²) >= 11 is 0. The Balaban J connectivity index is 1.57. The zero-order valence-electron chi connectivity index (χ0n) is 14.0. The molecule has 3 rings (SSSR count). The van der Waals surface area contributed by atoms with Crippen LogP contribution in [0.15, 0.2) is 48.5 Å². The van der Waals surface area contributed by atoms with Crippen molar-refractivity contribution in [2.24, 2.45) is 0 Å². The minimum Gasteiger partial charge on any atom is -0.328 e. The average Bonchev–Trinajstić information content (AvgIpc) is 2.57. The second kappa shape index (κ2) is 6.97. The van der Waals surface area contributed by atoms with Gasteiger partial charge in [0.15, 0.2) is 0 Å². The summed E-state index contributed by atoms with van der Waals surface area (Å²) in [6.07, 6.45) is 0. The third kappa shape index (κ3) is 3.80. The highest BCUT2D eigenvalue weighted by molar-refractivity contribution is 5.95. The van der Waals surface area contributed by atoms with Crippen molar-refractivity contribution in [2.45, 2.75) is 20.4 Å². The van der Waals surface area contributed by atoms with Gasteiger partial charge in [0, 0.05) is 11.1 Å². The molecule has 3 nitrogen and oxygen atoms in total. The number of carbonyl (C=O) groups excluding carboxylic acids is 1. The number of quaternary nitrogens is 1. The largest absolute Gasteiger partial charge is 0.328 e. The van der Waals surface area contributed by atoms with E-state index in [1.54, 1.807) is 4.90 Å². The molecule has 1 saturated heterocycles. The molecule has 0 bridgehead atoms. The van der Waals surface area contributed by atoms with Crippen molar-refractivity contribution >= 4 is 5.91 Å². The Bertz CT molecular complexity index is 670. The van der Waals surface area contributed by atoms with Crippen LogP contribution in [-0.2, 0) is 6.54 Å². The first kappa shape index (κ1) is 15.8. The van der Waals surface area contributed by atoms with Crippen molar-refractivity contribution in [1.29, 1.82) is 0 Å². The van der Waals surface area contributed by atoms with Gasteiger partial charge < -0.3 is 9.80 Å². The summed E-state index contributed by atoms with van der Waals surface area (Å²) in [5.74, 6) is 0.178. The number of rotatable bonds is 3. The number of amides is 1. The third-order valence-electron chi connectivity index (χ3n) is 4.71. The third-order valence-corrected chi connectivity index (χ3v) is 4.71. The summed E-state index contributed by atoms with van der Waals surface area (Å²) in [7, 11) is 0. The first-order valence-corrected chi connectivity index (χ1v) is 8.37. The number of hydrogen-bond donors (Lipinski definition) is 1. The van der Waals surface area contributed by atoms with Crippen LogP contribution in [0.4, 0.5) is 0 Å². The van der Waals surface area contributed by atoms with Gasteiger partial charge in [0.25, 0.3) is 5.91 Å². The molecule has 1 amide bonds. The van der Waals surface area contributed by atoms with Crippen molar-refractivity contribution < 1.29 is 9.69 Å². The van der Waals surface area contributed by atoms with E-state index >= 15 is 0 Å². The summed E-state index contributed by atoms with van der Waals surface area (Å²) in [6, 6.07) is 16.6. The topological polar surface area (TPSA) is 24.8 Å². The van der Waals surface area contributed by atoms with Crippen LogP contribution in [0.5, 0.6) is 0 Å². The van der Waals surface area contributed by atoms with E-state index in [2.05, 4.69) is 31.2 Å². The second-order valence-corrected chi connectivity index (χ2v) is 6.52. The van der Waals surface area contributed by atoms with E-state index in [1.165, 1.54) is 11.1 Å². The van der Waals surface area contributed by atoms with Gasteiger partial charge in [0.1, 0.15) is 6.54 Å². The predicted octanol–water partition coefficient (Wildman–Crippen LogP) is 1.84. The molecular weight excluding hydrogens is 284 g/mol. The normalized spacial score (nSPS) is 15.7. The van der Waals surface area contributed by atoms with Gasteiger partial charge in [-0.05, 0) is 25.5 Å². The number of nitrogens with zero attached hydrogens (tertiary/aromatic N) is 1. The fraction of sp³-hybridized carbons (Fsp3) is 0.350. The SMILES string of the molecule is Cc1ccc(C[NH+]2CCN(C(=O)c3ccccc3C)CC2)cc1. The Morgan fingerprint density at radius 3 is 2.30 bits per heavy atom. The van der Waals surface area contributed by atoms with E-state index in [0.29, 0.717) is 0 Å². The summed E-state index contributed by atoms with van der Waals surface area (Å²) in [5.41, 5.74) is 4.59. The van der Waals surface area contributed by atoms with Crippen molar-refractivity contribution in [1.82, 2.24) is 4.90 Å². The Morgan fingerprint density at radius 2 is 1.65 bits per heavy atom. The van der Waals surface area contributed by atoms with E-state index in [9.17, 15) is 4.79 Å². The Morgan fingerprint density at radius 1 is 1.00 bits per heavy atom. The highest BCUT2D eigenvalue weighted by Crippen LogP contribution is 2.10. The standard InChI is InChI=1S/C20H24N2O/c1-16-7-9-18(10-8-16)15-21-11-13-22(14-12-21)20(23)19-6-4-3-5-17(19)2/h3-10H,11-15H2,1-2H3/p+1. The number of benzene rings is 2. The molecule has 0 spiro atoms. The van der Waals surface area contributed by atoms with Crippen LogP contribution < -0.4 is 4.90 Å². The molecule has 0 atom stereocenters. The van der Waals surface area contributed by atoms with Crippen LogP contribution in [0, 0.1) is 13.8 Å². The van der Waals surface area contributed by atoms with Gasteiger partial charge >= 0.3 is 0 Å². The Labute approximate surface area is 138 Å².